The monoisotopic (exact) mass is 544 g/mol. The van der Waals surface area contributed by atoms with Crippen molar-refractivity contribution in [1.82, 2.24) is 19.7 Å². The molecule has 2 aromatic heterocycles. The van der Waals surface area contributed by atoms with Gasteiger partial charge in [0.2, 0.25) is 0 Å². The van der Waals surface area contributed by atoms with E-state index in [1.807, 2.05) is 16.9 Å². The Morgan fingerprint density at radius 3 is 2.85 bits per heavy atom. The number of morpholine rings is 1. The number of benzene rings is 1. The summed E-state index contributed by atoms with van der Waals surface area (Å²) in [6.07, 6.45) is 9.36. The average Bonchev–Trinajstić information content (AvgIpc) is 3.69. The molecule has 2 saturated heterocycles. The molecule has 0 amide bonds. The Kier molecular flexibility index (Phi) is 8.29. The summed E-state index contributed by atoms with van der Waals surface area (Å²) in [6.45, 7) is 6.83. The third-order valence-electron chi connectivity index (χ3n) is 8.57. The average molecular weight is 545 g/mol. The Morgan fingerprint density at radius 1 is 1.15 bits per heavy atom. The largest absolute Gasteiger partial charge is 0.481 e. The molecule has 3 aromatic rings. The fourth-order valence-corrected chi connectivity index (χ4v) is 6.40. The minimum atomic E-state index is -0.759. The quantitative estimate of drug-likeness (QED) is 0.396. The van der Waals surface area contributed by atoms with Gasteiger partial charge in [-0.3, -0.25) is 4.79 Å². The fraction of sp³-hybridized carbons (Fsp3) is 0.516. The maximum atomic E-state index is 12.0. The van der Waals surface area contributed by atoms with Crippen LogP contribution in [0.2, 0.25) is 0 Å². The topological polar surface area (TPSA) is 95.7 Å². The summed E-state index contributed by atoms with van der Waals surface area (Å²) in [4.78, 5) is 21.7. The number of anilines is 2. The number of nitrogens with one attached hydrogen (secondary N) is 1. The number of carboxylic acid groups (broad SMARTS) is 1. The Labute approximate surface area is 236 Å². The number of fused-ring (bicyclic) bond motifs is 1. The van der Waals surface area contributed by atoms with Gasteiger partial charge in [0.1, 0.15) is 5.82 Å². The highest BCUT2D eigenvalue weighted by Crippen LogP contribution is 2.32. The molecule has 0 spiro atoms. The lowest BCUT2D eigenvalue weighted by Crippen LogP contribution is -2.36. The normalized spacial score (nSPS) is 20.2. The number of carbonyl (C=O) groups is 1. The second-order valence-corrected chi connectivity index (χ2v) is 11.4. The summed E-state index contributed by atoms with van der Waals surface area (Å²) >= 11 is 0. The molecular weight excluding hydrogens is 504 g/mol. The Bertz CT molecular complexity index is 1290. The minimum absolute atomic E-state index is 0.0973. The van der Waals surface area contributed by atoms with Crippen LogP contribution in [0.15, 0.2) is 48.8 Å². The summed E-state index contributed by atoms with van der Waals surface area (Å²) in [6, 6.07) is 12.8. The third-order valence-corrected chi connectivity index (χ3v) is 8.57. The lowest BCUT2D eigenvalue weighted by molar-refractivity contribution is -0.137. The molecule has 5 heterocycles. The molecule has 3 aliphatic rings. The molecule has 2 fully saturated rings. The molecule has 9 heteroatoms. The number of ether oxygens (including phenoxy) is 1. The van der Waals surface area contributed by atoms with Gasteiger partial charge in [-0.25, -0.2) is 9.67 Å². The Balaban J connectivity index is 1.14. The molecule has 2 atom stereocenters. The second kappa shape index (κ2) is 12.4. The van der Waals surface area contributed by atoms with Crippen molar-refractivity contribution in [3.8, 4) is 5.69 Å². The van der Waals surface area contributed by atoms with Crippen LogP contribution in [-0.2, 0) is 22.4 Å². The number of hydrogen-bond acceptors (Lipinski definition) is 7. The number of aryl methyl sites for hydroxylation is 2. The maximum absolute atomic E-state index is 12.0. The highest BCUT2D eigenvalue weighted by atomic mass is 16.5. The number of aromatic nitrogens is 3. The van der Waals surface area contributed by atoms with Gasteiger partial charge in [-0.1, -0.05) is 6.07 Å². The number of hydrogen-bond donors (Lipinski definition) is 2. The van der Waals surface area contributed by atoms with Crippen molar-refractivity contribution >= 4 is 17.5 Å². The zero-order valence-corrected chi connectivity index (χ0v) is 23.2. The van der Waals surface area contributed by atoms with E-state index in [1.165, 1.54) is 17.7 Å². The lowest BCUT2D eigenvalue weighted by atomic mass is 9.93. The van der Waals surface area contributed by atoms with Gasteiger partial charge < -0.3 is 25.0 Å². The summed E-state index contributed by atoms with van der Waals surface area (Å²) in [5, 5.41) is 17.8. The van der Waals surface area contributed by atoms with E-state index in [4.69, 9.17) is 9.72 Å². The molecule has 9 nitrogen and oxygen atoms in total. The molecule has 1 aromatic carbocycles. The molecule has 2 N–H and O–H groups in total. The molecule has 2 unspecified atom stereocenters. The molecule has 0 radical (unpaired) electrons. The first-order valence-electron chi connectivity index (χ1n) is 14.8. The van der Waals surface area contributed by atoms with Crippen LogP contribution in [-0.4, -0.2) is 83.2 Å². The van der Waals surface area contributed by atoms with Crippen molar-refractivity contribution in [2.24, 2.45) is 5.92 Å². The van der Waals surface area contributed by atoms with Gasteiger partial charge in [-0.2, -0.15) is 5.10 Å². The van der Waals surface area contributed by atoms with Gasteiger partial charge in [0, 0.05) is 62.4 Å². The van der Waals surface area contributed by atoms with Crippen LogP contribution >= 0.6 is 0 Å². The number of nitrogens with zero attached hydrogens (tertiary/aromatic N) is 5. The van der Waals surface area contributed by atoms with Gasteiger partial charge in [0.05, 0.1) is 25.3 Å². The van der Waals surface area contributed by atoms with Crippen LogP contribution in [0.1, 0.15) is 48.4 Å². The van der Waals surface area contributed by atoms with Crippen molar-refractivity contribution in [3.05, 3.63) is 65.6 Å². The van der Waals surface area contributed by atoms with Crippen LogP contribution in [0.4, 0.5) is 11.5 Å². The molecule has 0 saturated carbocycles. The lowest BCUT2D eigenvalue weighted by Gasteiger charge is -2.31. The smallest absolute Gasteiger partial charge is 0.304 e. The molecular formula is C31H40N6O3. The maximum Gasteiger partial charge on any atom is 0.304 e. The van der Waals surface area contributed by atoms with E-state index in [9.17, 15) is 9.90 Å². The fourth-order valence-electron chi connectivity index (χ4n) is 6.40. The van der Waals surface area contributed by atoms with E-state index in [0.717, 1.165) is 87.7 Å². The molecule has 212 valence electrons. The molecule has 6 rings (SSSR count). The van der Waals surface area contributed by atoms with Crippen LogP contribution in [0.3, 0.4) is 0 Å². The molecule has 0 aliphatic carbocycles. The Morgan fingerprint density at radius 2 is 2.02 bits per heavy atom. The van der Waals surface area contributed by atoms with Gasteiger partial charge in [0.25, 0.3) is 0 Å². The number of likely N-dealkylation sites (tertiary alicyclic amines) is 1. The standard InChI is InChI=1S/C31H40N6O3/c38-30(39)19-26(25-17-28(36-13-15-40-16-14-36)20-29(18-25)37-11-2-10-33-37)22-35-12-8-23(21-35)4-6-27-7-5-24-3-1-9-32-31(24)34-27/h2,5,7,10-11,17-18,20,23,26H,1,3-4,6,8-9,12-16,19,21-22H2,(H,32,34)(H,38,39). The van der Waals surface area contributed by atoms with E-state index in [0.29, 0.717) is 19.1 Å². The summed E-state index contributed by atoms with van der Waals surface area (Å²) in [5.74, 6) is 0.822. The van der Waals surface area contributed by atoms with Crippen LogP contribution in [0.25, 0.3) is 5.69 Å². The SMILES string of the molecule is O=C(O)CC(CN1CCC(CCc2ccc3c(n2)NCCC3)C1)c1cc(N2CCOCC2)cc(-n2cccn2)c1. The zero-order valence-electron chi connectivity index (χ0n) is 23.2. The number of pyridine rings is 1. The number of carboxylic acids is 1. The van der Waals surface area contributed by atoms with Crippen molar-refractivity contribution in [3.63, 3.8) is 0 Å². The highest BCUT2D eigenvalue weighted by Gasteiger charge is 2.27. The zero-order chi connectivity index (χ0) is 27.3. The predicted octanol–water partition coefficient (Wildman–Crippen LogP) is 3.98. The second-order valence-electron chi connectivity index (χ2n) is 11.4. The summed E-state index contributed by atoms with van der Waals surface area (Å²) in [7, 11) is 0. The molecule has 40 heavy (non-hydrogen) atoms. The molecule has 0 bridgehead atoms. The summed E-state index contributed by atoms with van der Waals surface area (Å²) in [5.41, 5.74) is 5.63. The van der Waals surface area contributed by atoms with Gasteiger partial charge in [0.15, 0.2) is 0 Å². The van der Waals surface area contributed by atoms with E-state index < -0.39 is 5.97 Å². The predicted molar refractivity (Wildman–Crippen MR) is 156 cm³/mol. The van der Waals surface area contributed by atoms with Gasteiger partial charge >= 0.3 is 5.97 Å². The minimum Gasteiger partial charge on any atom is -0.481 e. The van der Waals surface area contributed by atoms with Crippen molar-refractivity contribution in [2.45, 2.75) is 44.4 Å². The van der Waals surface area contributed by atoms with Crippen molar-refractivity contribution in [1.29, 1.82) is 0 Å². The third kappa shape index (κ3) is 6.47. The van der Waals surface area contributed by atoms with E-state index in [2.05, 4.69) is 50.5 Å². The van der Waals surface area contributed by atoms with Crippen molar-refractivity contribution in [2.75, 3.05) is 62.7 Å². The number of rotatable bonds is 10. The van der Waals surface area contributed by atoms with Crippen LogP contribution in [0.5, 0.6) is 0 Å². The first kappa shape index (κ1) is 26.8. The van der Waals surface area contributed by atoms with Crippen molar-refractivity contribution < 1.29 is 14.6 Å². The van der Waals surface area contributed by atoms with E-state index in [1.54, 1.807) is 6.20 Å². The van der Waals surface area contributed by atoms with Crippen LogP contribution in [0, 0.1) is 5.92 Å². The summed E-state index contributed by atoms with van der Waals surface area (Å²) < 4.78 is 7.44. The van der Waals surface area contributed by atoms with Gasteiger partial charge in [-0.05, 0) is 86.0 Å². The van der Waals surface area contributed by atoms with Gasteiger partial charge in [-0.15, -0.1) is 0 Å². The number of aliphatic carboxylic acids is 1. The molecule has 3 aliphatic heterocycles. The van der Waals surface area contributed by atoms with E-state index in [-0.39, 0.29) is 12.3 Å². The Hall–Kier alpha value is -3.43. The first-order chi connectivity index (χ1) is 19.6. The first-order valence-corrected chi connectivity index (χ1v) is 14.8. The van der Waals surface area contributed by atoms with E-state index >= 15 is 0 Å². The highest BCUT2D eigenvalue weighted by molar-refractivity contribution is 5.68. The van der Waals surface area contributed by atoms with Crippen LogP contribution < -0.4 is 10.2 Å².